The molecule has 0 atom stereocenters. The summed E-state index contributed by atoms with van der Waals surface area (Å²) in [6.45, 7) is -0.545. The summed E-state index contributed by atoms with van der Waals surface area (Å²) in [5.41, 5.74) is 7.08. The van der Waals surface area contributed by atoms with Crippen LogP contribution in [-0.2, 0) is 0 Å². The molecule has 0 aromatic carbocycles. The van der Waals surface area contributed by atoms with E-state index in [0.29, 0.717) is 11.5 Å². The Morgan fingerprint density at radius 3 is 2.75 bits per heavy atom. The second-order valence-corrected chi connectivity index (χ2v) is 4.03. The van der Waals surface area contributed by atoms with Crippen molar-refractivity contribution in [2.24, 2.45) is 0 Å². The number of anilines is 2. The summed E-state index contributed by atoms with van der Waals surface area (Å²) in [6.07, 6.45) is 1.62. The van der Waals surface area contributed by atoms with Gasteiger partial charge in [-0.15, -0.1) is 0 Å². The van der Waals surface area contributed by atoms with Crippen molar-refractivity contribution < 1.29 is 8.78 Å². The molecule has 1 saturated heterocycles. The molecule has 0 saturated carbocycles. The molecule has 6 heteroatoms. The van der Waals surface area contributed by atoms with E-state index >= 15 is 0 Å². The van der Waals surface area contributed by atoms with Gasteiger partial charge in [0.15, 0.2) is 0 Å². The van der Waals surface area contributed by atoms with E-state index in [0.717, 1.165) is 5.52 Å². The summed E-state index contributed by atoms with van der Waals surface area (Å²) in [4.78, 5) is 1.57. The molecule has 1 aliphatic heterocycles. The smallest absolute Gasteiger partial charge is 0.282 e. The van der Waals surface area contributed by atoms with Gasteiger partial charge in [-0.05, 0) is 12.1 Å². The predicted octanol–water partition coefficient (Wildman–Crippen LogP) is 1.37. The van der Waals surface area contributed by atoms with Gasteiger partial charge in [-0.1, -0.05) is 0 Å². The fourth-order valence-electron chi connectivity index (χ4n) is 1.94. The van der Waals surface area contributed by atoms with Crippen LogP contribution in [0.3, 0.4) is 0 Å². The molecule has 16 heavy (non-hydrogen) atoms. The molecule has 3 heterocycles. The van der Waals surface area contributed by atoms with E-state index in [1.807, 2.05) is 0 Å². The van der Waals surface area contributed by atoms with Crippen LogP contribution in [0.15, 0.2) is 24.4 Å². The quantitative estimate of drug-likeness (QED) is 0.795. The normalized spacial score (nSPS) is 18.8. The maximum atomic E-state index is 12.8. The minimum atomic E-state index is -2.59. The van der Waals surface area contributed by atoms with Crippen LogP contribution in [-0.4, -0.2) is 28.6 Å². The molecule has 84 valence electrons. The maximum absolute atomic E-state index is 12.8. The number of hydrogen-bond acceptors (Lipinski definition) is 3. The van der Waals surface area contributed by atoms with Crippen LogP contribution in [0.4, 0.5) is 20.3 Å². The summed E-state index contributed by atoms with van der Waals surface area (Å²) in [6, 6.07) is 5.21. The van der Waals surface area contributed by atoms with E-state index in [-0.39, 0.29) is 13.1 Å². The molecule has 1 aliphatic rings. The van der Waals surface area contributed by atoms with E-state index < -0.39 is 5.92 Å². The molecule has 0 bridgehead atoms. The zero-order valence-corrected chi connectivity index (χ0v) is 8.40. The van der Waals surface area contributed by atoms with Gasteiger partial charge in [-0.3, -0.25) is 0 Å². The first-order valence-electron chi connectivity index (χ1n) is 4.91. The molecule has 2 aromatic heterocycles. The molecular formula is C10H10F2N4. The van der Waals surface area contributed by atoms with Crippen LogP contribution in [0.25, 0.3) is 5.52 Å². The van der Waals surface area contributed by atoms with Gasteiger partial charge in [0.1, 0.15) is 5.82 Å². The second-order valence-electron chi connectivity index (χ2n) is 4.03. The van der Waals surface area contributed by atoms with Gasteiger partial charge in [-0.2, -0.15) is 5.10 Å². The molecule has 0 spiro atoms. The van der Waals surface area contributed by atoms with Crippen molar-refractivity contribution in [1.29, 1.82) is 0 Å². The first kappa shape index (κ1) is 9.38. The second kappa shape index (κ2) is 2.84. The maximum Gasteiger partial charge on any atom is 0.282 e. The van der Waals surface area contributed by atoms with E-state index in [4.69, 9.17) is 5.73 Å². The molecule has 0 unspecified atom stereocenters. The zero-order valence-electron chi connectivity index (χ0n) is 8.40. The highest BCUT2D eigenvalue weighted by molar-refractivity contribution is 5.65. The van der Waals surface area contributed by atoms with Crippen LogP contribution in [0.1, 0.15) is 0 Å². The van der Waals surface area contributed by atoms with Gasteiger partial charge in [0.05, 0.1) is 24.8 Å². The predicted molar refractivity (Wildman–Crippen MR) is 56.8 cm³/mol. The number of pyridine rings is 1. The van der Waals surface area contributed by atoms with E-state index in [2.05, 4.69) is 5.10 Å². The molecule has 0 aliphatic carbocycles. The van der Waals surface area contributed by atoms with Crippen molar-refractivity contribution in [3.8, 4) is 0 Å². The van der Waals surface area contributed by atoms with Crippen molar-refractivity contribution >= 4 is 17.0 Å². The third kappa shape index (κ3) is 1.30. The Morgan fingerprint density at radius 1 is 1.31 bits per heavy atom. The molecule has 4 nitrogen and oxygen atoms in total. The van der Waals surface area contributed by atoms with Gasteiger partial charge >= 0.3 is 0 Å². The SMILES string of the molecule is Nc1cc(N2CC(F)(F)C2)n2nccc2c1. The lowest BCUT2D eigenvalue weighted by atomic mass is 10.1. The molecule has 1 fully saturated rings. The Labute approximate surface area is 90.3 Å². The van der Waals surface area contributed by atoms with Crippen LogP contribution in [0, 0.1) is 0 Å². The number of alkyl halides is 2. The summed E-state index contributed by atoms with van der Waals surface area (Å²) in [7, 11) is 0. The lowest BCUT2D eigenvalue weighted by molar-refractivity contribution is -0.0268. The number of aromatic nitrogens is 2. The Morgan fingerprint density at radius 2 is 2.06 bits per heavy atom. The van der Waals surface area contributed by atoms with Crippen molar-refractivity contribution in [3.63, 3.8) is 0 Å². The topological polar surface area (TPSA) is 46.6 Å². The van der Waals surface area contributed by atoms with E-state index in [1.165, 1.54) is 0 Å². The van der Waals surface area contributed by atoms with Crippen LogP contribution in [0.5, 0.6) is 0 Å². The lowest BCUT2D eigenvalue weighted by Crippen LogP contribution is -2.57. The molecular weight excluding hydrogens is 214 g/mol. The van der Waals surface area contributed by atoms with Crippen molar-refractivity contribution in [3.05, 3.63) is 24.4 Å². The molecule has 0 amide bonds. The van der Waals surface area contributed by atoms with Gasteiger partial charge < -0.3 is 10.6 Å². The van der Waals surface area contributed by atoms with E-state index in [9.17, 15) is 8.78 Å². The standard InChI is InChI=1S/C10H10F2N4/c11-10(12)5-15(6-10)9-4-7(13)3-8-1-2-14-16(8)9/h1-4H,5-6,13H2. The van der Waals surface area contributed by atoms with Crippen molar-refractivity contribution in [1.82, 2.24) is 9.61 Å². The summed E-state index contributed by atoms with van der Waals surface area (Å²) >= 11 is 0. The average Bonchev–Trinajstić information content (AvgIpc) is 2.60. The summed E-state index contributed by atoms with van der Waals surface area (Å²) < 4.78 is 27.2. The fourth-order valence-corrected chi connectivity index (χ4v) is 1.94. The Kier molecular flexibility index (Phi) is 1.66. The number of halogens is 2. The number of nitrogens with two attached hydrogens (primary N) is 1. The Bertz CT molecular complexity index is 541. The third-order valence-corrected chi connectivity index (χ3v) is 2.67. The van der Waals surface area contributed by atoms with Crippen LogP contribution in [0.2, 0.25) is 0 Å². The number of nitrogens with zero attached hydrogens (tertiary/aromatic N) is 3. The highest BCUT2D eigenvalue weighted by Crippen LogP contribution is 2.32. The Balaban J connectivity index is 2.06. The molecule has 3 rings (SSSR count). The molecule has 0 radical (unpaired) electrons. The third-order valence-electron chi connectivity index (χ3n) is 2.67. The average molecular weight is 224 g/mol. The number of rotatable bonds is 1. The first-order valence-corrected chi connectivity index (χ1v) is 4.91. The Hall–Kier alpha value is -1.85. The molecule has 2 N–H and O–H groups in total. The highest BCUT2D eigenvalue weighted by Gasteiger charge is 2.44. The number of hydrogen-bond donors (Lipinski definition) is 1. The van der Waals surface area contributed by atoms with Crippen LogP contribution >= 0.6 is 0 Å². The summed E-state index contributed by atoms with van der Waals surface area (Å²) in [5.74, 6) is -1.98. The van der Waals surface area contributed by atoms with Gasteiger partial charge in [0.2, 0.25) is 0 Å². The highest BCUT2D eigenvalue weighted by atomic mass is 19.3. The van der Waals surface area contributed by atoms with Crippen LogP contribution < -0.4 is 10.6 Å². The van der Waals surface area contributed by atoms with Gasteiger partial charge in [-0.25, -0.2) is 13.3 Å². The van der Waals surface area contributed by atoms with Gasteiger partial charge in [0, 0.05) is 11.8 Å². The van der Waals surface area contributed by atoms with Crippen molar-refractivity contribution in [2.45, 2.75) is 5.92 Å². The monoisotopic (exact) mass is 224 g/mol. The fraction of sp³-hybridized carbons (Fsp3) is 0.300. The zero-order chi connectivity index (χ0) is 11.3. The minimum Gasteiger partial charge on any atom is -0.399 e. The van der Waals surface area contributed by atoms with Gasteiger partial charge in [0.25, 0.3) is 5.92 Å². The van der Waals surface area contributed by atoms with Crippen molar-refractivity contribution in [2.75, 3.05) is 23.7 Å². The molecule has 2 aromatic rings. The number of nitrogen functional groups attached to an aromatic ring is 1. The van der Waals surface area contributed by atoms with E-state index in [1.54, 1.807) is 33.8 Å². The largest absolute Gasteiger partial charge is 0.399 e. The number of fused-ring (bicyclic) bond motifs is 1. The summed E-state index contributed by atoms with van der Waals surface area (Å²) in [5, 5.41) is 4.08. The lowest BCUT2D eigenvalue weighted by Gasteiger charge is -2.40. The first-order chi connectivity index (χ1) is 7.55. The minimum absolute atomic E-state index is 0.272.